The van der Waals surface area contributed by atoms with Crippen LogP contribution in [0.25, 0.3) is 0 Å². The predicted molar refractivity (Wildman–Crippen MR) is 99.6 cm³/mol. The summed E-state index contributed by atoms with van der Waals surface area (Å²) in [6.07, 6.45) is 6.74. The Bertz CT molecular complexity index is 697. The number of nitrogens with zero attached hydrogens (tertiary/aromatic N) is 5. The van der Waals surface area contributed by atoms with Crippen molar-refractivity contribution in [3.8, 4) is 0 Å². The lowest BCUT2D eigenvalue weighted by molar-refractivity contribution is 0.0724. The molecule has 0 aliphatic carbocycles. The Balaban J connectivity index is 1.36. The van der Waals surface area contributed by atoms with Crippen molar-refractivity contribution in [1.29, 1.82) is 0 Å². The molecule has 8 heteroatoms. The summed E-state index contributed by atoms with van der Waals surface area (Å²) in [7, 11) is 0. The van der Waals surface area contributed by atoms with Crippen LogP contribution in [0.2, 0.25) is 0 Å². The monoisotopic (exact) mass is 375 g/mol. The van der Waals surface area contributed by atoms with Gasteiger partial charge in [-0.3, -0.25) is 14.4 Å². The van der Waals surface area contributed by atoms with Crippen molar-refractivity contribution in [1.82, 2.24) is 24.5 Å². The van der Waals surface area contributed by atoms with Crippen molar-refractivity contribution >= 4 is 12.0 Å². The molecule has 4 heterocycles. The van der Waals surface area contributed by atoms with Gasteiger partial charge in [-0.1, -0.05) is 6.42 Å². The van der Waals surface area contributed by atoms with Crippen molar-refractivity contribution in [3.05, 3.63) is 18.0 Å². The fourth-order valence-corrected chi connectivity index (χ4v) is 4.27. The van der Waals surface area contributed by atoms with Crippen molar-refractivity contribution < 1.29 is 14.3 Å². The third kappa shape index (κ3) is 3.67. The number of rotatable bonds is 5. The van der Waals surface area contributed by atoms with E-state index in [0.717, 1.165) is 19.6 Å². The first-order chi connectivity index (χ1) is 13.0. The van der Waals surface area contributed by atoms with E-state index < -0.39 is 0 Å². The Hall–Kier alpha value is -2.09. The second kappa shape index (κ2) is 7.50. The molecule has 0 spiro atoms. The SMILES string of the molecule is CC(C)n1cc(C(=O)N2C[C@@H]3OC(=O)N(CCN4CCCCC4)[C@@H]3C2)cn1. The molecule has 3 aliphatic heterocycles. The Morgan fingerprint density at radius 2 is 2.00 bits per heavy atom. The highest BCUT2D eigenvalue weighted by molar-refractivity contribution is 5.94. The van der Waals surface area contributed by atoms with Gasteiger partial charge in [-0.05, 0) is 39.8 Å². The molecule has 0 bridgehead atoms. The molecule has 0 aromatic carbocycles. The van der Waals surface area contributed by atoms with E-state index in [-0.39, 0.29) is 30.2 Å². The molecule has 8 nitrogen and oxygen atoms in total. The van der Waals surface area contributed by atoms with Gasteiger partial charge in [0.25, 0.3) is 5.91 Å². The van der Waals surface area contributed by atoms with Crippen molar-refractivity contribution in [2.45, 2.75) is 51.3 Å². The Morgan fingerprint density at radius 1 is 1.22 bits per heavy atom. The van der Waals surface area contributed by atoms with Crippen LogP contribution >= 0.6 is 0 Å². The van der Waals surface area contributed by atoms with Gasteiger partial charge in [0.1, 0.15) is 6.10 Å². The smallest absolute Gasteiger partial charge is 0.410 e. The van der Waals surface area contributed by atoms with Gasteiger partial charge in [0.15, 0.2) is 0 Å². The number of aromatic nitrogens is 2. The van der Waals surface area contributed by atoms with E-state index in [1.54, 1.807) is 22.0 Å². The fraction of sp³-hybridized carbons (Fsp3) is 0.737. The molecule has 0 radical (unpaired) electrons. The summed E-state index contributed by atoms with van der Waals surface area (Å²) in [5.41, 5.74) is 0.592. The zero-order chi connectivity index (χ0) is 19.0. The number of hydrogen-bond acceptors (Lipinski definition) is 5. The average molecular weight is 375 g/mol. The summed E-state index contributed by atoms with van der Waals surface area (Å²) >= 11 is 0. The third-order valence-corrected chi connectivity index (χ3v) is 5.89. The van der Waals surface area contributed by atoms with Gasteiger partial charge < -0.3 is 14.5 Å². The highest BCUT2D eigenvalue weighted by atomic mass is 16.6. The molecule has 1 aromatic rings. The number of carbonyl (C=O) groups excluding carboxylic acids is 2. The minimum absolute atomic E-state index is 0.0358. The van der Waals surface area contributed by atoms with Crippen molar-refractivity contribution in [3.63, 3.8) is 0 Å². The number of hydrogen-bond donors (Lipinski definition) is 0. The van der Waals surface area contributed by atoms with Crippen molar-refractivity contribution in [2.75, 3.05) is 39.3 Å². The largest absolute Gasteiger partial charge is 0.442 e. The number of carbonyl (C=O) groups is 2. The highest BCUT2D eigenvalue weighted by Gasteiger charge is 2.48. The van der Waals surface area contributed by atoms with E-state index in [1.807, 2.05) is 18.7 Å². The lowest BCUT2D eigenvalue weighted by Crippen LogP contribution is -2.44. The lowest BCUT2D eigenvalue weighted by atomic mass is 10.1. The molecule has 0 N–H and O–H groups in total. The molecule has 2 atom stereocenters. The maximum Gasteiger partial charge on any atom is 0.410 e. The zero-order valence-corrected chi connectivity index (χ0v) is 16.2. The normalized spacial score (nSPS) is 26.0. The quantitative estimate of drug-likeness (QED) is 0.782. The zero-order valence-electron chi connectivity index (χ0n) is 16.2. The Labute approximate surface area is 160 Å². The summed E-state index contributed by atoms with van der Waals surface area (Å²) in [6.45, 7) is 8.83. The van der Waals surface area contributed by atoms with Gasteiger partial charge in [-0.25, -0.2) is 4.79 Å². The van der Waals surface area contributed by atoms with E-state index in [2.05, 4.69) is 10.00 Å². The van der Waals surface area contributed by atoms with Crippen LogP contribution in [0.5, 0.6) is 0 Å². The third-order valence-electron chi connectivity index (χ3n) is 5.89. The topological polar surface area (TPSA) is 70.9 Å². The fourth-order valence-electron chi connectivity index (χ4n) is 4.27. The Morgan fingerprint density at radius 3 is 2.70 bits per heavy atom. The summed E-state index contributed by atoms with van der Waals surface area (Å²) in [5, 5.41) is 4.26. The van der Waals surface area contributed by atoms with Crippen LogP contribution in [0.1, 0.15) is 49.5 Å². The average Bonchev–Trinajstić information content (AvgIpc) is 3.35. The molecule has 1 aromatic heterocycles. The van der Waals surface area contributed by atoms with Crippen LogP contribution in [0.3, 0.4) is 0 Å². The molecule has 3 saturated heterocycles. The number of ether oxygens (including phenoxy) is 1. The van der Waals surface area contributed by atoms with E-state index in [9.17, 15) is 9.59 Å². The predicted octanol–water partition coefficient (Wildman–Crippen LogP) is 1.60. The first-order valence-electron chi connectivity index (χ1n) is 10.1. The first-order valence-corrected chi connectivity index (χ1v) is 10.1. The van der Waals surface area contributed by atoms with Crippen molar-refractivity contribution in [2.24, 2.45) is 0 Å². The van der Waals surface area contributed by atoms with Crippen LogP contribution in [0.15, 0.2) is 12.4 Å². The molecule has 0 unspecified atom stereocenters. The molecular formula is C19H29N5O3. The number of likely N-dealkylation sites (tertiary alicyclic amines) is 2. The van der Waals surface area contributed by atoms with E-state index in [4.69, 9.17) is 4.74 Å². The van der Waals surface area contributed by atoms with Crippen LogP contribution in [0, 0.1) is 0 Å². The number of piperidine rings is 1. The second-order valence-electron chi connectivity index (χ2n) is 8.10. The van der Waals surface area contributed by atoms with Gasteiger partial charge in [0, 0.05) is 31.9 Å². The minimum atomic E-state index is -0.235. The van der Waals surface area contributed by atoms with Crippen LogP contribution in [-0.2, 0) is 4.74 Å². The molecule has 3 aliphatic rings. The summed E-state index contributed by atoms with van der Waals surface area (Å²) < 4.78 is 7.34. The van der Waals surface area contributed by atoms with Crippen LogP contribution in [0.4, 0.5) is 4.79 Å². The maximum absolute atomic E-state index is 12.8. The van der Waals surface area contributed by atoms with Gasteiger partial charge in [0.05, 0.1) is 24.3 Å². The molecule has 148 valence electrons. The molecule has 2 amide bonds. The minimum Gasteiger partial charge on any atom is -0.442 e. The summed E-state index contributed by atoms with van der Waals surface area (Å²) in [4.78, 5) is 31.1. The van der Waals surface area contributed by atoms with Gasteiger partial charge in [-0.2, -0.15) is 5.10 Å². The molecule has 4 rings (SSSR count). The Kier molecular flexibility index (Phi) is 5.08. The second-order valence-corrected chi connectivity index (χ2v) is 8.10. The van der Waals surface area contributed by atoms with E-state index in [0.29, 0.717) is 25.2 Å². The highest BCUT2D eigenvalue weighted by Crippen LogP contribution is 2.28. The van der Waals surface area contributed by atoms with Crippen LogP contribution < -0.4 is 0 Å². The molecule has 27 heavy (non-hydrogen) atoms. The van der Waals surface area contributed by atoms with Gasteiger partial charge in [0.2, 0.25) is 0 Å². The first kappa shape index (κ1) is 18.3. The maximum atomic E-state index is 12.8. The number of amides is 2. The van der Waals surface area contributed by atoms with Gasteiger partial charge in [-0.15, -0.1) is 0 Å². The standard InChI is InChI=1S/C19H29N5O3/c1-14(2)24-11-15(10-20-24)18(25)22-12-16-17(13-22)27-19(26)23(16)9-8-21-6-4-3-5-7-21/h10-11,14,16-17H,3-9,12-13H2,1-2H3/t16-,17+/m1/s1. The number of fused-ring (bicyclic) bond motifs is 1. The van der Waals surface area contributed by atoms with E-state index in [1.165, 1.54) is 19.3 Å². The molecule has 0 saturated carbocycles. The van der Waals surface area contributed by atoms with Crippen LogP contribution in [-0.4, -0.2) is 87.9 Å². The summed E-state index contributed by atoms with van der Waals surface area (Å²) in [6, 6.07) is 0.183. The lowest BCUT2D eigenvalue weighted by Gasteiger charge is -2.29. The molecular weight excluding hydrogens is 346 g/mol. The van der Waals surface area contributed by atoms with Gasteiger partial charge >= 0.3 is 6.09 Å². The summed E-state index contributed by atoms with van der Waals surface area (Å²) in [5.74, 6) is -0.0386. The molecule has 3 fully saturated rings. The van der Waals surface area contributed by atoms with E-state index >= 15 is 0 Å².